The molecular weight excluding hydrogens is 395 g/mol. The van der Waals surface area contributed by atoms with E-state index >= 15 is 0 Å². The molecule has 0 radical (unpaired) electrons. The van der Waals surface area contributed by atoms with E-state index in [1.165, 1.54) is 24.8 Å². The molecule has 0 saturated carbocycles. The van der Waals surface area contributed by atoms with Crippen molar-refractivity contribution in [3.05, 3.63) is 30.3 Å². The van der Waals surface area contributed by atoms with Crippen molar-refractivity contribution in [2.24, 2.45) is 0 Å². The van der Waals surface area contributed by atoms with E-state index in [4.69, 9.17) is 14.2 Å². The Labute approximate surface area is 162 Å². The van der Waals surface area contributed by atoms with Crippen molar-refractivity contribution in [3.8, 4) is 28.8 Å². The van der Waals surface area contributed by atoms with E-state index in [-0.39, 0.29) is 19.0 Å². The van der Waals surface area contributed by atoms with Gasteiger partial charge in [0.2, 0.25) is 5.88 Å². The van der Waals surface area contributed by atoms with E-state index in [1.807, 2.05) is 0 Å². The van der Waals surface area contributed by atoms with Gasteiger partial charge in [-0.05, 0) is 24.3 Å². The smallest absolute Gasteiger partial charge is 0.471 e. The van der Waals surface area contributed by atoms with Crippen LogP contribution in [-0.2, 0) is 4.79 Å². The second-order valence-corrected chi connectivity index (χ2v) is 5.64. The van der Waals surface area contributed by atoms with Crippen LogP contribution in [0.2, 0.25) is 0 Å². The van der Waals surface area contributed by atoms with Crippen molar-refractivity contribution in [1.82, 2.24) is 25.1 Å². The number of rotatable bonds is 7. The predicted octanol–water partition coefficient (Wildman–Crippen LogP) is 1.87. The molecule has 154 valence electrons. The van der Waals surface area contributed by atoms with Gasteiger partial charge in [-0.25, -0.2) is 0 Å². The van der Waals surface area contributed by atoms with Gasteiger partial charge in [-0.2, -0.15) is 17.7 Å². The number of halogens is 3. The first-order chi connectivity index (χ1) is 13.8. The summed E-state index contributed by atoms with van der Waals surface area (Å²) in [5, 5.41) is 14.1. The normalized spacial score (nSPS) is 11.3. The fraction of sp³-hybridized carbons (Fsp3) is 0.294. The lowest BCUT2D eigenvalue weighted by Crippen LogP contribution is -2.38. The Balaban J connectivity index is 1.76. The summed E-state index contributed by atoms with van der Waals surface area (Å²) in [6.45, 7) is -0.531. The molecule has 0 aliphatic carbocycles. The SMILES string of the molecule is COc1ccc(-c2nnc3ccc(OCCNC(=O)C(F)(F)F)nn23)cc1OC. The van der Waals surface area contributed by atoms with E-state index in [9.17, 15) is 18.0 Å². The molecule has 0 aliphatic rings. The maximum absolute atomic E-state index is 12.1. The Morgan fingerprint density at radius 1 is 1.10 bits per heavy atom. The monoisotopic (exact) mass is 411 g/mol. The van der Waals surface area contributed by atoms with Crippen LogP contribution in [-0.4, -0.2) is 59.3 Å². The summed E-state index contributed by atoms with van der Waals surface area (Å²) in [4.78, 5) is 10.8. The van der Waals surface area contributed by atoms with Crippen LogP contribution >= 0.6 is 0 Å². The van der Waals surface area contributed by atoms with E-state index in [0.29, 0.717) is 28.5 Å². The fourth-order valence-electron chi connectivity index (χ4n) is 2.42. The molecule has 2 heterocycles. The first-order valence-electron chi connectivity index (χ1n) is 8.26. The molecule has 3 aromatic rings. The van der Waals surface area contributed by atoms with E-state index in [2.05, 4.69) is 15.3 Å². The zero-order valence-electron chi connectivity index (χ0n) is 15.4. The number of nitrogens with one attached hydrogen (secondary N) is 1. The Kier molecular flexibility index (Phi) is 5.71. The van der Waals surface area contributed by atoms with Crippen molar-refractivity contribution in [1.29, 1.82) is 0 Å². The molecule has 29 heavy (non-hydrogen) atoms. The van der Waals surface area contributed by atoms with Gasteiger partial charge in [0.25, 0.3) is 0 Å². The molecule has 3 rings (SSSR count). The largest absolute Gasteiger partial charge is 0.493 e. The number of ether oxygens (including phenoxy) is 3. The first kappa shape index (κ1) is 20.2. The molecule has 0 unspecified atom stereocenters. The van der Waals surface area contributed by atoms with Crippen molar-refractivity contribution in [2.45, 2.75) is 6.18 Å². The summed E-state index contributed by atoms with van der Waals surface area (Å²) in [6.07, 6.45) is -4.94. The van der Waals surface area contributed by atoms with Crippen molar-refractivity contribution in [3.63, 3.8) is 0 Å². The Bertz CT molecular complexity index is 1020. The number of carbonyl (C=O) groups is 1. The molecule has 0 bridgehead atoms. The summed E-state index contributed by atoms with van der Waals surface area (Å²) in [7, 11) is 3.03. The van der Waals surface area contributed by atoms with Gasteiger partial charge in [0.05, 0.1) is 20.8 Å². The average Bonchev–Trinajstić information content (AvgIpc) is 3.13. The Hall–Kier alpha value is -3.57. The van der Waals surface area contributed by atoms with Crippen LogP contribution in [0.4, 0.5) is 13.2 Å². The molecule has 0 spiro atoms. The topological polar surface area (TPSA) is 99.9 Å². The molecule has 1 amide bonds. The van der Waals surface area contributed by atoms with Crippen LogP contribution in [0.15, 0.2) is 30.3 Å². The molecule has 2 aromatic heterocycles. The number of fused-ring (bicyclic) bond motifs is 1. The Morgan fingerprint density at radius 3 is 2.55 bits per heavy atom. The van der Waals surface area contributed by atoms with Gasteiger partial charge in [0, 0.05) is 11.6 Å². The van der Waals surface area contributed by atoms with Gasteiger partial charge < -0.3 is 19.5 Å². The van der Waals surface area contributed by atoms with Gasteiger partial charge in [0.15, 0.2) is 23.0 Å². The standard InChI is InChI=1S/C17H16F3N5O4/c1-27-11-4-3-10(9-12(11)28-2)15-23-22-13-5-6-14(24-25(13)15)29-8-7-21-16(26)17(18,19)20/h3-6,9H,7-8H2,1-2H3,(H,21,26). The predicted molar refractivity (Wildman–Crippen MR) is 93.9 cm³/mol. The van der Waals surface area contributed by atoms with Crippen molar-refractivity contribution < 1.29 is 32.2 Å². The molecule has 9 nitrogen and oxygen atoms in total. The highest BCUT2D eigenvalue weighted by molar-refractivity contribution is 5.81. The average molecular weight is 411 g/mol. The van der Waals surface area contributed by atoms with E-state index in [0.717, 1.165) is 0 Å². The summed E-state index contributed by atoms with van der Waals surface area (Å²) in [5.74, 6) is -0.464. The lowest BCUT2D eigenvalue weighted by atomic mass is 10.2. The highest BCUT2D eigenvalue weighted by Gasteiger charge is 2.38. The number of hydrogen-bond donors (Lipinski definition) is 1. The van der Waals surface area contributed by atoms with Gasteiger partial charge >= 0.3 is 12.1 Å². The van der Waals surface area contributed by atoms with Crippen LogP contribution in [0.5, 0.6) is 17.4 Å². The minimum atomic E-state index is -4.94. The lowest BCUT2D eigenvalue weighted by Gasteiger charge is -2.10. The van der Waals surface area contributed by atoms with Crippen LogP contribution in [0.25, 0.3) is 17.0 Å². The van der Waals surface area contributed by atoms with Crippen LogP contribution < -0.4 is 19.5 Å². The zero-order valence-corrected chi connectivity index (χ0v) is 15.4. The molecule has 1 N–H and O–H groups in total. The number of nitrogens with zero attached hydrogens (tertiary/aromatic N) is 4. The number of alkyl halides is 3. The molecule has 0 fully saturated rings. The molecule has 0 aliphatic heterocycles. The maximum atomic E-state index is 12.1. The third kappa shape index (κ3) is 4.47. The summed E-state index contributed by atoms with van der Waals surface area (Å²) >= 11 is 0. The first-order valence-corrected chi connectivity index (χ1v) is 8.26. The zero-order chi connectivity index (χ0) is 21.0. The quantitative estimate of drug-likeness (QED) is 0.593. The number of benzene rings is 1. The third-order valence-electron chi connectivity index (χ3n) is 3.78. The second kappa shape index (κ2) is 8.20. The van der Waals surface area contributed by atoms with Gasteiger partial charge in [-0.3, -0.25) is 4.79 Å². The summed E-state index contributed by atoms with van der Waals surface area (Å²) in [6, 6.07) is 8.25. The van der Waals surface area contributed by atoms with E-state index < -0.39 is 12.1 Å². The number of carbonyl (C=O) groups excluding carboxylic acids is 1. The van der Waals surface area contributed by atoms with Gasteiger partial charge in [-0.15, -0.1) is 15.3 Å². The minimum absolute atomic E-state index is 0.125. The third-order valence-corrected chi connectivity index (χ3v) is 3.78. The highest BCUT2D eigenvalue weighted by Crippen LogP contribution is 2.31. The summed E-state index contributed by atoms with van der Waals surface area (Å²) in [5.41, 5.74) is 1.09. The molecule has 1 aromatic carbocycles. The van der Waals surface area contributed by atoms with Crippen LogP contribution in [0, 0.1) is 0 Å². The van der Waals surface area contributed by atoms with E-state index in [1.54, 1.807) is 29.6 Å². The lowest BCUT2D eigenvalue weighted by molar-refractivity contribution is -0.173. The number of hydrogen-bond acceptors (Lipinski definition) is 7. The fourth-order valence-corrected chi connectivity index (χ4v) is 2.42. The maximum Gasteiger partial charge on any atom is 0.471 e. The minimum Gasteiger partial charge on any atom is -0.493 e. The van der Waals surface area contributed by atoms with Crippen molar-refractivity contribution in [2.75, 3.05) is 27.4 Å². The van der Waals surface area contributed by atoms with Gasteiger partial charge in [-0.1, -0.05) is 0 Å². The number of amides is 1. The second-order valence-electron chi connectivity index (χ2n) is 5.64. The molecule has 0 atom stereocenters. The molecule has 0 saturated heterocycles. The number of methoxy groups -OCH3 is 2. The van der Waals surface area contributed by atoms with Crippen molar-refractivity contribution >= 4 is 11.6 Å². The van der Waals surface area contributed by atoms with Gasteiger partial charge in [0.1, 0.15) is 6.61 Å². The van der Waals surface area contributed by atoms with Crippen LogP contribution in [0.3, 0.4) is 0 Å². The van der Waals surface area contributed by atoms with Crippen LogP contribution in [0.1, 0.15) is 0 Å². The molecular formula is C17H16F3N5O4. The molecule has 12 heteroatoms. The summed E-state index contributed by atoms with van der Waals surface area (Å²) < 4.78 is 53.6. The Morgan fingerprint density at radius 2 is 1.86 bits per heavy atom. The highest BCUT2D eigenvalue weighted by atomic mass is 19.4. The number of aromatic nitrogens is 4.